The largest absolute Gasteiger partial charge is 0.462 e. The van der Waals surface area contributed by atoms with Crippen molar-refractivity contribution in [1.82, 2.24) is 0 Å². The molecule has 0 rings (SSSR count). The zero-order chi connectivity index (χ0) is 39.3. The molecule has 0 heterocycles. The van der Waals surface area contributed by atoms with Crippen LogP contribution in [-0.2, 0) is 23.8 Å². The van der Waals surface area contributed by atoms with Crippen molar-refractivity contribution in [3.8, 4) is 0 Å². The molecule has 1 atom stereocenters. The molecule has 0 aliphatic carbocycles. The summed E-state index contributed by atoms with van der Waals surface area (Å²) in [7, 11) is 0. The highest BCUT2D eigenvalue weighted by atomic mass is 16.6. The molecule has 1 unspecified atom stereocenters. The van der Waals surface area contributed by atoms with Crippen LogP contribution in [0, 0.1) is 0 Å². The molecule has 0 N–H and O–H groups in total. The normalized spacial score (nSPS) is 12.9. The number of ether oxygens (including phenoxy) is 3. The average Bonchev–Trinajstić information content (AvgIpc) is 3.17. The molecule has 0 saturated heterocycles. The van der Waals surface area contributed by atoms with Crippen LogP contribution in [0.1, 0.15) is 201 Å². The second-order valence-corrected chi connectivity index (χ2v) is 14.6. The van der Waals surface area contributed by atoms with Gasteiger partial charge in [-0.2, -0.15) is 0 Å². The standard InChI is InChI=1S/C49H84O5/c1-4-7-10-13-16-19-22-23-24-25-26-27-29-30-33-36-39-42-48(50)53-46-47(45-52-44-41-38-35-32-21-18-15-12-9-6-3)54-49(51)43-40-37-34-31-28-20-17-14-11-8-5-2/h7,10,14,16-17,19,23-24,26-27,30,33,47H,4-6,8-9,11-13,15,18,20-22,25,28-29,31-32,34-46H2,1-3H3/b10-7-,17-14-,19-16-,24-23-,27-26-,33-30-. The van der Waals surface area contributed by atoms with E-state index in [1.165, 1.54) is 83.5 Å². The third-order valence-corrected chi connectivity index (χ3v) is 9.23. The van der Waals surface area contributed by atoms with Crippen molar-refractivity contribution < 1.29 is 23.8 Å². The van der Waals surface area contributed by atoms with Crippen LogP contribution in [-0.4, -0.2) is 37.9 Å². The highest BCUT2D eigenvalue weighted by Gasteiger charge is 2.17. The lowest BCUT2D eigenvalue weighted by Gasteiger charge is -2.18. The molecule has 5 nitrogen and oxygen atoms in total. The van der Waals surface area contributed by atoms with Gasteiger partial charge in [-0.3, -0.25) is 9.59 Å². The van der Waals surface area contributed by atoms with Crippen molar-refractivity contribution in [2.45, 2.75) is 207 Å². The van der Waals surface area contributed by atoms with Crippen molar-refractivity contribution in [3.63, 3.8) is 0 Å². The van der Waals surface area contributed by atoms with Gasteiger partial charge in [0.1, 0.15) is 6.61 Å². The van der Waals surface area contributed by atoms with Crippen LogP contribution in [0.4, 0.5) is 0 Å². The minimum Gasteiger partial charge on any atom is -0.462 e. The first-order valence-electron chi connectivity index (χ1n) is 22.5. The summed E-state index contributed by atoms with van der Waals surface area (Å²) in [4.78, 5) is 25.2. The molecule has 0 amide bonds. The molecule has 0 radical (unpaired) electrons. The average molecular weight is 753 g/mol. The van der Waals surface area contributed by atoms with Gasteiger partial charge in [0.25, 0.3) is 0 Å². The predicted octanol–water partition coefficient (Wildman–Crippen LogP) is 14.8. The van der Waals surface area contributed by atoms with Gasteiger partial charge in [-0.15, -0.1) is 0 Å². The Kier molecular flexibility index (Phi) is 42.5. The highest BCUT2D eigenvalue weighted by Crippen LogP contribution is 2.12. The van der Waals surface area contributed by atoms with Gasteiger partial charge < -0.3 is 14.2 Å². The molecule has 0 bridgehead atoms. The fourth-order valence-corrected chi connectivity index (χ4v) is 5.88. The van der Waals surface area contributed by atoms with E-state index in [9.17, 15) is 9.59 Å². The Bertz CT molecular complexity index is 988. The monoisotopic (exact) mass is 753 g/mol. The van der Waals surface area contributed by atoms with Gasteiger partial charge in [-0.1, -0.05) is 184 Å². The van der Waals surface area contributed by atoms with Crippen molar-refractivity contribution in [2.75, 3.05) is 19.8 Å². The molecule has 0 aromatic heterocycles. The maximum absolute atomic E-state index is 12.7. The van der Waals surface area contributed by atoms with Crippen molar-refractivity contribution >= 4 is 11.9 Å². The Morgan fingerprint density at radius 1 is 0.426 bits per heavy atom. The summed E-state index contributed by atoms with van der Waals surface area (Å²) in [6.45, 7) is 7.59. The van der Waals surface area contributed by atoms with Crippen LogP contribution >= 0.6 is 0 Å². The van der Waals surface area contributed by atoms with Crippen LogP contribution in [0.2, 0.25) is 0 Å². The van der Waals surface area contributed by atoms with E-state index >= 15 is 0 Å². The second kappa shape index (κ2) is 44.7. The van der Waals surface area contributed by atoms with Gasteiger partial charge in [0.15, 0.2) is 6.10 Å². The summed E-state index contributed by atoms with van der Waals surface area (Å²) in [5.41, 5.74) is 0. The fourth-order valence-electron chi connectivity index (χ4n) is 5.88. The van der Waals surface area contributed by atoms with Gasteiger partial charge in [-0.25, -0.2) is 0 Å². The zero-order valence-electron chi connectivity index (χ0n) is 35.5. The summed E-state index contributed by atoms with van der Waals surface area (Å²) in [5.74, 6) is -0.478. The molecule has 310 valence electrons. The topological polar surface area (TPSA) is 61.8 Å². The molecule has 54 heavy (non-hydrogen) atoms. The van der Waals surface area contributed by atoms with E-state index < -0.39 is 6.10 Å². The maximum Gasteiger partial charge on any atom is 0.306 e. The number of hydrogen-bond acceptors (Lipinski definition) is 5. The molecule has 0 aliphatic heterocycles. The number of unbranched alkanes of at least 4 members (excludes halogenated alkanes) is 17. The lowest BCUT2D eigenvalue weighted by atomic mass is 10.1. The highest BCUT2D eigenvalue weighted by molar-refractivity contribution is 5.70. The second-order valence-electron chi connectivity index (χ2n) is 14.6. The SMILES string of the molecule is CC/C=C\C/C=C\C/C=C\C/C=C\C/C=C\CCCC(=O)OCC(COCCCCCCCCCCCC)OC(=O)CCCCCCC/C=C\CCCC. The summed E-state index contributed by atoms with van der Waals surface area (Å²) in [6, 6.07) is 0. The zero-order valence-corrected chi connectivity index (χ0v) is 35.5. The van der Waals surface area contributed by atoms with Gasteiger partial charge in [0.2, 0.25) is 0 Å². The number of rotatable bonds is 40. The minimum absolute atomic E-state index is 0.0516. The molecule has 0 fully saturated rings. The smallest absolute Gasteiger partial charge is 0.306 e. The van der Waals surface area contributed by atoms with E-state index in [1.54, 1.807) is 0 Å². The molecule has 0 aliphatic rings. The molecule has 0 aromatic carbocycles. The first-order valence-corrected chi connectivity index (χ1v) is 22.5. The Hall–Kier alpha value is -2.66. The summed E-state index contributed by atoms with van der Waals surface area (Å²) in [6.07, 6.45) is 56.2. The van der Waals surface area contributed by atoms with E-state index in [-0.39, 0.29) is 25.2 Å². The molecular weight excluding hydrogens is 669 g/mol. The van der Waals surface area contributed by atoms with Crippen LogP contribution in [0.25, 0.3) is 0 Å². The van der Waals surface area contributed by atoms with Crippen molar-refractivity contribution in [1.29, 1.82) is 0 Å². The fraction of sp³-hybridized carbons (Fsp3) is 0.714. The van der Waals surface area contributed by atoms with Crippen LogP contribution in [0.15, 0.2) is 72.9 Å². The first kappa shape index (κ1) is 51.3. The Labute approximate surface area is 334 Å². The third-order valence-electron chi connectivity index (χ3n) is 9.23. The van der Waals surface area contributed by atoms with E-state index in [0.717, 1.165) is 83.5 Å². The Balaban J connectivity index is 4.34. The number of esters is 2. The quantitative estimate of drug-likeness (QED) is 0.0354. The summed E-state index contributed by atoms with van der Waals surface area (Å²) >= 11 is 0. The maximum atomic E-state index is 12.7. The van der Waals surface area contributed by atoms with Crippen molar-refractivity contribution in [3.05, 3.63) is 72.9 Å². The van der Waals surface area contributed by atoms with E-state index in [4.69, 9.17) is 14.2 Å². The van der Waals surface area contributed by atoms with Crippen LogP contribution in [0.3, 0.4) is 0 Å². The number of carbonyl (C=O) groups excluding carboxylic acids is 2. The van der Waals surface area contributed by atoms with Gasteiger partial charge >= 0.3 is 11.9 Å². The van der Waals surface area contributed by atoms with E-state index in [2.05, 4.69) is 93.7 Å². The summed E-state index contributed by atoms with van der Waals surface area (Å²) < 4.78 is 17.2. The predicted molar refractivity (Wildman–Crippen MR) is 233 cm³/mol. The van der Waals surface area contributed by atoms with Gasteiger partial charge in [-0.05, 0) is 77.0 Å². The molecular formula is C49H84O5. The van der Waals surface area contributed by atoms with Crippen molar-refractivity contribution in [2.24, 2.45) is 0 Å². The summed E-state index contributed by atoms with van der Waals surface area (Å²) in [5, 5.41) is 0. The minimum atomic E-state index is -0.560. The molecule has 5 heteroatoms. The third kappa shape index (κ3) is 42.1. The lowest BCUT2D eigenvalue weighted by molar-refractivity contribution is -0.163. The van der Waals surface area contributed by atoms with E-state index in [0.29, 0.717) is 19.4 Å². The molecule has 0 saturated carbocycles. The Morgan fingerprint density at radius 2 is 0.870 bits per heavy atom. The Morgan fingerprint density at radius 3 is 1.46 bits per heavy atom. The van der Waals surface area contributed by atoms with Gasteiger partial charge in [0.05, 0.1) is 6.61 Å². The van der Waals surface area contributed by atoms with Crippen LogP contribution in [0.5, 0.6) is 0 Å². The molecule has 0 aromatic rings. The molecule has 0 spiro atoms. The number of allylic oxidation sites excluding steroid dienone is 12. The first-order chi connectivity index (χ1) is 26.6. The lowest BCUT2D eigenvalue weighted by Crippen LogP contribution is -2.30. The van der Waals surface area contributed by atoms with Crippen LogP contribution < -0.4 is 0 Å². The van der Waals surface area contributed by atoms with Gasteiger partial charge in [0, 0.05) is 19.4 Å². The van der Waals surface area contributed by atoms with E-state index in [1.807, 2.05) is 0 Å². The number of carbonyl (C=O) groups is 2. The number of hydrogen-bond donors (Lipinski definition) is 0.